The monoisotopic (exact) mass is 290 g/mol. The van der Waals surface area contributed by atoms with Crippen LogP contribution in [0.3, 0.4) is 0 Å². The maximum Gasteiger partial charge on any atom is 0.127 e. The first-order valence-corrected chi connectivity index (χ1v) is 10.1. The second-order valence-electron chi connectivity index (χ2n) is 7.04. The zero-order valence-corrected chi connectivity index (χ0v) is 14.6. The van der Waals surface area contributed by atoms with Gasteiger partial charge in [0.25, 0.3) is 0 Å². The van der Waals surface area contributed by atoms with Crippen molar-refractivity contribution < 1.29 is 4.39 Å². The predicted octanol–water partition coefficient (Wildman–Crippen LogP) is 6.15. The van der Waals surface area contributed by atoms with Crippen LogP contribution in [-0.4, -0.2) is 8.07 Å². The van der Waals surface area contributed by atoms with Gasteiger partial charge in [-0.05, 0) is 33.8 Å². The molecule has 0 amide bonds. The molecule has 2 heteroatoms. The number of allylic oxidation sites excluding steroid dienone is 1. The lowest BCUT2D eigenvalue weighted by molar-refractivity contribution is 0.609. The fourth-order valence-corrected chi connectivity index (χ4v) is 12.2. The fraction of sp³-hybridized carbons (Fsp3) is 0.556. The number of hydrogen-bond donors (Lipinski definition) is 0. The Labute approximate surface area is 124 Å². The van der Waals surface area contributed by atoms with Gasteiger partial charge in [0.05, 0.1) is 8.07 Å². The van der Waals surface area contributed by atoms with Gasteiger partial charge in [0.15, 0.2) is 0 Å². The molecule has 1 aliphatic carbocycles. The maximum absolute atomic E-state index is 14.4. The maximum atomic E-state index is 14.4. The molecule has 0 saturated heterocycles. The SMILES string of the molecule is CC(C)[Si](C(C)C)(C(C)C)C1C=Cc2cccc(F)c21. The molecule has 0 saturated carbocycles. The van der Waals surface area contributed by atoms with Gasteiger partial charge >= 0.3 is 0 Å². The molecule has 2 rings (SSSR count). The second kappa shape index (κ2) is 5.48. The number of halogens is 1. The number of benzene rings is 1. The highest BCUT2D eigenvalue weighted by molar-refractivity contribution is 6.85. The molecule has 0 N–H and O–H groups in total. The van der Waals surface area contributed by atoms with Gasteiger partial charge in [0.2, 0.25) is 0 Å². The molecule has 20 heavy (non-hydrogen) atoms. The summed E-state index contributed by atoms with van der Waals surface area (Å²) in [7, 11) is -1.70. The average molecular weight is 290 g/mol. The smallest absolute Gasteiger partial charge is 0.127 e. The number of rotatable bonds is 4. The Morgan fingerprint density at radius 2 is 1.50 bits per heavy atom. The van der Waals surface area contributed by atoms with Crippen LogP contribution in [0.2, 0.25) is 16.6 Å². The summed E-state index contributed by atoms with van der Waals surface area (Å²) in [6.07, 6.45) is 4.43. The Morgan fingerprint density at radius 1 is 0.950 bits per heavy atom. The molecule has 0 fully saturated rings. The fourth-order valence-electron chi connectivity index (χ4n) is 4.82. The molecule has 0 aromatic heterocycles. The topological polar surface area (TPSA) is 0 Å². The molecule has 1 unspecified atom stereocenters. The van der Waals surface area contributed by atoms with Crippen molar-refractivity contribution in [3.05, 3.63) is 41.2 Å². The zero-order valence-electron chi connectivity index (χ0n) is 13.6. The van der Waals surface area contributed by atoms with E-state index in [1.54, 1.807) is 6.07 Å². The first-order valence-electron chi connectivity index (χ1n) is 7.80. The van der Waals surface area contributed by atoms with E-state index in [0.29, 0.717) is 22.2 Å². The summed E-state index contributed by atoms with van der Waals surface area (Å²) in [4.78, 5) is 0. The highest BCUT2D eigenvalue weighted by Gasteiger charge is 2.50. The van der Waals surface area contributed by atoms with Gasteiger partial charge in [-0.15, -0.1) is 0 Å². The molecule has 0 nitrogen and oxygen atoms in total. The minimum atomic E-state index is -1.70. The van der Waals surface area contributed by atoms with E-state index < -0.39 is 8.07 Å². The van der Waals surface area contributed by atoms with Crippen LogP contribution in [0.5, 0.6) is 0 Å². The highest BCUT2D eigenvalue weighted by Crippen LogP contribution is 2.53. The molecule has 0 radical (unpaired) electrons. The summed E-state index contributed by atoms with van der Waals surface area (Å²) in [6, 6.07) is 5.50. The van der Waals surface area contributed by atoms with Crippen molar-refractivity contribution in [2.24, 2.45) is 0 Å². The van der Waals surface area contributed by atoms with Crippen LogP contribution in [-0.2, 0) is 0 Å². The van der Waals surface area contributed by atoms with Crippen LogP contribution in [0.1, 0.15) is 58.2 Å². The van der Waals surface area contributed by atoms with E-state index in [1.165, 1.54) is 0 Å². The van der Waals surface area contributed by atoms with Gasteiger partial charge < -0.3 is 0 Å². The lowest BCUT2D eigenvalue weighted by Gasteiger charge is -2.47. The molecular formula is C18H27FSi. The normalized spacial score (nSPS) is 18.4. The summed E-state index contributed by atoms with van der Waals surface area (Å²) in [5.74, 6) is -0.0173. The summed E-state index contributed by atoms with van der Waals surface area (Å²) in [6.45, 7) is 14.1. The zero-order chi connectivity index (χ0) is 15.1. The second-order valence-corrected chi connectivity index (χ2v) is 13.1. The van der Waals surface area contributed by atoms with Gasteiger partial charge in [-0.1, -0.05) is 65.8 Å². The van der Waals surface area contributed by atoms with E-state index in [0.717, 1.165) is 11.1 Å². The molecule has 1 aliphatic rings. The van der Waals surface area contributed by atoms with E-state index in [-0.39, 0.29) is 5.82 Å². The minimum absolute atomic E-state index is 0.0173. The Kier molecular flexibility index (Phi) is 4.24. The van der Waals surface area contributed by atoms with Crippen molar-refractivity contribution in [2.75, 3.05) is 0 Å². The van der Waals surface area contributed by atoms with Crippen LogP contribution in [0.4, 0.5) is 4.39 Å². The third kappa shape index (κ3) is 2.09. The third-order valence-corrected chi connectivity index (χ3v) is 13.0. The van der Waals surface area contributed by atoms with Crippen LogP contribution in [0.15, 0.2) is 24.3 Å². The van der Waals surface area contributed by atoms with E-state index in [1.807, 2.05) is 6.07 Å². The van der Waals surface area contributed by atoms with Crippen molar-refractivity contribution in [1.29, 1.82) is 0 Å². The highest BCUT2D eigenvalue weighted by atomic mass is 28.3. The molecular weight excluding hydrogens is 263 g/mol. The van der Waals surface area contributed by atoms with Gasteiger partial charge in [0, 0.05) is 5.54 Å². The molecule has 0 spiro atoms. The standard InChI is InChI=1S/C18H27FSi/c1-12(2)20(13(3)4,14(5)6)17-11-10-15-8-7-9-16(19)18(15)17/h7-14,17H,1-6H3. The van der Waals surface area contributed by atoms with E-state index in [4.69, 9.17) is 0 Å². The predicted molar refractivity (Wildman–Crippen MR) is 89.2 cm³/mol. The molecule has 1 atom stereocenters. The van der Waals surface area contributed by atoms with Crippen molar-refractivity contribution >= 4 is 14.1 Å². The van der Waals surface area contributed by atoms with Crippen LogP contribution in [0, 0.1) is 5.82 Å². The van der Waals surface area contributed by atoms with Crippen LogP contribution in [0.25, 0.3) is 6.08 Å². The Bertz CT molecular complexity index is 492. The van der Waals surface area contributed by atoms with E-state index >= 15 is 0 Å². The van der Waals surface area contributed by atoms with Crippen LogP contribution < -0.4 is 0 Å². The van der Waals surface area contributed by atoms with Gasteiger partial charge in [0.1, 0.15) is 5.82 Å². The number of hydrogen-bond acceptors (Lipinski definition) is 0. The molecule has 0 bridgehead atoms. The molecule has 0 aliphatic heterocycles. The van der Waals surface area contributed by atoms with E-state index in [2.05, 4.69) is 59.8 Å². The lowest BCUT2D eigenvalue weighted by Crippen LogP contribution is -2.49. The van der Waals surface area contributed by atoms with E-state index in [9.17, 15) is 4.39 Å². The van der Waals surface area contributed by atoms with Gasteiger partial charge in [-0.25, -0.2) is 4.39 Å². The van der Waals surface area contributed by atoms with Gasteiger partial charge in [-0.3, -0.25) is 0 Å². The minimum Gasteiger partial charge on any atom is -0.207 e. The summed E-state index contributed by atoms with van der Waals surface area (Å²) in [5.41, 5.74) is 4.30. The Hall–Kier alpha value is -0.893. The first kappa shape index (κ1) is 15.5. The van der Waals surface area contributed by atoms with Crippen LogP contribution >= 0.6 is 0 Å². The molecule has 1 aromatic rings. The average Bonchev–Trinajstić information content (AvgIpc) is 2.74. The summed E-state index contributed by atoms with van der Waals surface area (Å²) < 4.78 is 14.4. The Morgan fingerprint density at radius 3 is 2.00 bits per heavy atom. The number of fused-ring (bicyclic) bond motifs is 1. The van der Waals surface area contributed by atoms with Crippen molar-refractivity contribution in [1.82, 2.24) is 0 Å². The Balaban J connectivity index is 2.63. The quantitative estimate of drug-likeness (QED) is 0.583. The molecule has 1 aromatic carbocycles. The third-order valence-electron chi connectivity index (χ3n) is 5.40. The molecule has 110 valence electrons. The van der Waals surface area contributed by atoms with Crippen molar-refractivity contribution in [3.8, 4) is 0 Å². The summed E-state index contributed by atoms with van der Waals surface area (Å²) >= 11 is 0. The van der Waals surface area contributed by atoms with Crippen molar-refractivity contribution in [2.45, 2.75) is 63.7 Å². The largest absolute Gasteiger partial charge is 0.207 e. The summed E-state index contributed by atoms with van der Waals surface area (Å²) in [5, 5.41) is 0. The lowest BCUT2D eigenvalue weighted by atomic mass is 10.1. The first-order chi connectivity index (χ1) is 9.33. The van der Waals surface area contributed by atoms with Gasteiger partial charge in [-0.2, -0.15) is 0 Å². The molecule has 0 heterocycles. The van der Waals surface area contributed by atoms with Crippen molar-refractivity contribution in [3.63, 3.8) is 0 Å².